The van der Waals surface area contributed by atoms with Crippen molar-refractivity contribution in [3.8, 4) is 0 Å². The molecule has 0 spiro atoms. The Morgan fingerprint density at radius 1 is 1.26 bits per heavy atom. The molecule has 0 amide bonds. The lowest BCUT2D eigenvalue weighted by Crippen LogP contribution is -2.53. The summed E-state index contributed by atoms with van der Waals surface area (Å²) >= 11 is 0. The minimum absolute atomic E-state index is 0.0724. The first-order valence-corrected chi connectivity index (χ1v) is 8.12. The monoisotopic (exact) mass is 269 g/mol. The molecule has 3 heteroatoms. The van der Waals surface area contributed by atoms with Crippen molar-refractivity contribution in [2.75, 3.05) is 19.8 Å². The Bertz CT molecular complexity index is 255. The van der Waals surface area contributed by atoms with Crippen molar-refractivity contribution in [3.05, 3.63) is 0 Å². The van der Waals surface area contributed by atoms with Gasteiger partial charge in [0.1, 0.15) is 6.10 Å². The van der Waals surface area contributed by atoms with Gasteiger partial charge < -0.3 is 14.8 Å². The maximum Gasteiger partial charge on any atom is 0.105 e. The summed E-state index contributed by atoms with van der Waals surface area (Å²) in [4.78, 5) is 0. The zero-order valence-electron chi connectivity index (χ0n) is 12.9. The first kappa shape index (κ1) is 15.3. The SMILES string of the molecule is CCCC1CCC(CNC(C)C)(OC2COC2)CC1. The molecule has 2 rings (SSSR count). The number of nitrogens with one attached hydrogen (secondary N) is 1. The quantitative estimate of drug-likeness (QED) is 0.770. The van der Waals surface area contributed by atoms with Gasteiger partial charge in [0.2, 0.25) is 0 Å². The largest absolute Gasteiger partial charge is 0.376 e. The van der Waals surface area contributed by atoms with E-state index in [0.29, 0.717) is 12.1 Å². The molecule has 2 fully saturated rings. The lowest BCUT2D eigenvalue weighted by Gasteiger charge is -2.44. The smallest absolute Gasteiger partial charge is 0.105 e. The van der Waals surface area contributed by atoms with Gasteiger partial charge in [-0.2, -0.15) is 0 Å². The highest BCUT2D eigenvalue weighted by molar-refractivity contribution is 4.91. The van der Waals surface area contributed by atoms with E-state index in [0.717, 1.165) is 25.7 Å². The van der Waals surface area contributed by atoms with Crippen molar-refractivity contribution < 1.29 is 9.47 Å². The number of hydrogen-bond donors (Lipinski definition) is 1. The molecule has 1 aliphatic heterocycles. The molecule has 0 atom stereocenters. The summed E-state index contributed by atoms with van der Waals surface area (Å²) in [5.41, 5.74) is 0.0724. The molecule has 3 nitrogen and oxygen atoms in total. The third-order valence-corrected chi connectivity index (χ3v) is 4.57. The summed E-state index contributed by atoms with van der Waals surface area (Å²) in [6, 6.07) is 0.534. The van der Waals surface area contributed by atoms with Crippen LogP contribution < -0.4 is 5.32 Å². The lowest BCUT2D eigenvalue weighted by molar-refractivity contribution is -0.203. The number of hydrogen-bond acceptors (Lipinski definition) is 3. The Kier molecular flexibility index (Phi) is 5.67. The molecule has 1 N–H and O–H groups in total. The number of rotatable bonds is 7. The van der Waals surface area contributed by atoms with E-state index in [2.05, 4.69) is 26.1 Å². The second-order valence-corrected chi connectivity index (χ2v) is 6.73. The van der Waals surface area contributed by atoms with Crippen LogP contribution in [-0.4, -0.2) is 37.5 Å². The molecule has 0 aromatic heterocycles. The molecule has 112 valence electrons. The van der Waals surface area contributed by atoms with Gasteiger partial charge in [-0.1, -0.05) is 33.6 Å². The molecule has 2 aliphatic rings. The fourth-order valence-corrected chi connectivity index (χ4v) is 3.26. The van der Waals surface area contributed by atoms with E-state index in [1.807, 2.05) is 0 Å². The highest BCUT2D eigenvalue weighted by atomic mass is 16.6. The van der Waals surface area contributed by atoms with E-state index in [1.165, 1.54) is 38.5 Å². The van der Waals surface area contributed by atoms with Crippen molar-refractivity contribution in [2.45, 2.75) is 77.0 Å². The third-order valence-electron chi connectivity index (χ3n) is 4.57. The molecule has 1 heterocycles. The van der Waals surface area contributed by atoms with Crippen molar-refractivity contribution in [2.24, 2.45) is 5.92 Å². The van der Waals surface area contributed by atoms with Crippen LogP contribution in [0.5, 0.6) is 0 Å². The Morgan fingerprint density at radius 3 is 2.42 bits per heavy atom. The Hall–Kier alpha value is -0.120. The standard InChI is InChI=1S/C16H31NO2/c1-4-5-14-6-8-16(9-7-14,12-17-13(2)3)19-15-10-18-11-15/h13-15,17H,4-12H2,1-3H3. The maximum absolute atomic E-state index is 6.40. The summed E-state index contributed by atoms with van der Waals surface area (Å²) in [5.74, 6) is 0.929. The maximum atomic E-state index is 6.40. The van der Waals surface area contributed by atoms with Crippen LogP contribution in [0.2, 0.25) is 0 Å². The molecule has 0 unspecified atom stereocenters. The van der Waals surface area contributed by atoms with Gasteiger partial charge in [0.05, 0.1) is 18.8 Å². The summed E-state index contributed by atoms with van der Waals surface area (Å²) in [5, 5.41) is 3.59. The van der Waals surface area contributed by atoms with Crippen LogP contribution in [0, 0.1) is 5.92 Å². The zero-order valence-corrected chi connectivity index (χ0v) is 12.9. The highest BCUT2D eigenvalue weighted by Crippen LogP contribution is 2.38. The van der Waals surface area contributed by atoms with E-state index in [4.69, 9.17) is 9.47 Å². The van der Waals surface area contributed by atoms with Gasteiger partial charge in [-0.05, 0) is 31.6 Å². The van der Waals surface area contributed by atoms with E-state index < -0.39 is 0 Å². The van der Waals surface area contributed by atoms with Crippen LogP contribution in [0.15, 0.2) is 0 Å². The van der Waals surface area contributed by atoms with Crippen LogP contribution in [0.3, 0.4) is 0 Å². The molecule has 0 bridgehead atoms. The molecule has 1 aliphatic carbocycles. The van der Waals surface area contributed by atoms with Crippen LogP contribution in [0.25, 0.3) is 0 Å². The van der Waals surface area contributed by atoms with Gasteiger partial charge in [0.15, 0.2) is 0 Å². The lowest BCUT2D eigenvalue weighted by atomic mass is 9.76. The average Bonchev–Trinajstić information content (AvgIpc) is 2.35. The van der Waals surface area contributed by atoms with E-state index in [9.17, 15) is 0 Å². The van der Waals surface area contributed by atoms with Crippen molar-refractivity contribution in [1.82, 2.24) is 5.32 Å². The second kappa shape index (κ2) is 7.05. The topological polar surface area (TPSA) is 30.5 Å². The zero-order chi connectivity index (χ0) is 13.7. The van der Waals surface area contributed by atoms with Crippen LogP contribution in [0.4, 0.5) is 0 Å². The van der Waals surface area contributed by atoms with Gasteiger partial charge in [-0.15, -0.1) is 0 Å². The molecular weight excluding hydrogens is 238 g/mol. The summed E-state index contributed by atoms with van der Waals surface area (Å²) in [6.45, 7) is 9.31. The molecule has 0 aromatic rings. The molecule has 0 radical (unpaired) electrons. The van der Waals surface area contributed by atoms with Gasteiger partial charge in [0.25, 0.3) is 0 Å². The van der Waals surface area contributed by atoms with E-state index >= 15 is 0 Å². The Balaban J connectivity index is 1.87. The minimum atomic E-state index is 0.0724. The Labute approximate surface area is 118 Å². The van der Waals surface area contributed by atoms with Crippen LogP contribution >= 0.6 is 0 Å². The second-order valence-electron chi connectivity index (χ2n) is 6.73. The third kappa shape index (κ3) is 4.44. The van der Waals surface area contributed by atoms with Gasteiger partial charge in [-0.3, -0.25) is 0 Å². The fourth-order valence-electron chi connectivity index (χ4n) is 3.26. The molecule has 1 saturated heterocycles. The minimum Gasteiger partial charge on any atom is -0.376 e. The number of ether oxygens (including phenoxy) is 2. The molecule has 0 aromatic carbocycles. The van der Waals surface area contributed by atoms with Crippen molar-refractivity contribution >= 4 is 0 Å². The first-order chi connectivity index (χ1) is 9.13. The van der Waals surface area contributed by atoms with E-state index in [1.54, 1.807) is 0 Å². The predicted octanol–water partition coefficient (Wildman–Crippen LogP) is 3.13. The van der Waals surface area contributed by atoms with Gasteiger partial charge in [-0.25, -0.2) is 0 Å². The summed E-state index contributed by atoms with van der Waals surface area (Å²) < 4.78 is 11.7. The van der Waals surface area contributed by atoms with Crippen molar-refractivity contribution in [1.29, 1.82) is 0 Å². The van der Waals surface area contributed by atoms with Crippen molar-refractivity contribution in [3.63, 3.8) is 0 Å². The fraction of sp³-hybridized carbons (Fsp3) is 1.00. The molecular formula is C16H31NO2. The predicted molar refractivity (Wildman–Crippen MR) is 78.4 cm³/mol. The summed E-state index contributed by atoms with van der Waals surface area (Å²) in [7, 11) is 0. The normalized spacial score (nSPS) is 32.5. The average molecular weight is 269 g/mol. The van der Waals surface area contributed by atoms with Gasteiger partial charge in [0, 0.05) is 12.6 Å². The van der Waals surface area contributed by atoms with Crippen LogP contribution in [0.1, 0.15) is 59.3 Å². The molecule has 1 saturated carbocycles. The molecule has 19 heavy (non-hydrogen) atoms. The summed E-state index contributed by atoms with van der Waals surface area (Å²) in [6.07, 6.45) is 8.15. The first-order valence-electron chi connectivity index (χ1n) is 8.12. The van der Waals surface area contributed by atoms with Gasteiger partial charge >= 0.3 is 0 Å². The van der Waals surface area contributed by atoms with E-state index in [-0.39, 0.29) is 5.60 Å². The Morgan fingerprint density at radius 2 is 1.95 bits per heavy atom. The highest BCUT2D eigenvalue weighted by Gasteiger charge is 2.39. The van der Waals surface area contributed by atoms with Crippen LogP contribution in [-0.2, 0) is 9.47 Å².